The highest BCUT2D eigenvalue weighted by molar-refractivity contribution is 9.10. The summed E-state index contributed by atoms with van der Waals surface area (Å²) in [6.45, 7) is 0. The minimum Gasteiger partial charge on any atom is -0.439 e. The highest BCUT2D eigenvalue weighted by atomic mass is 79.9. The lowest BCUT2D eigenvalue weighted by molar-refractivity contribution is 0.102. The van der Waals surface area contributed by atoms with Gasteiger partial charge in [0.15, 0.2) is 0 Å². The zero-order valence-electron chi connectivity index (χ0n) is 16.0. The number of rotatable bonds is 6. The average molecular weight is 479 g/mol. The predicted molar refractivity (Wildman–Crippen MR) is 120 cm³/mol. The molecule has 6 nitrogen and oxygen atoms in total. The quantitative estimate of drug-likeness (QED) is 0.346. The Morgan fingerprint density at radius 1 is 0.935 bits per heavy atom. The Morgan fingerprint density at radius 3 is 2.58 bits per heavy atom. The first kappa shape index (κ1) is 20.5. The number of carbonyl (C=O) groups excluding carboxylic acids is 1. The van der Waals surface area contributed by atoms with Crippen LogP contribution in [0.3, 0.4) is 0 Å². The van der Waals surface area contributed by atoms with E-state index in [9.17, 15) is 9.18 Å². The fourth-order valence-corrected chi connectivity index (χ4v) is 3.13. The summed E-state index contributed by atoms with van der Waals surface area (Å²) in [5, 5.41) is 5.75. The first-order valence-electron chi connectivity index (χ1n) is 9.25. The van der Waals surface area contributed by atoms with E-state index in [1.54, 1.807) is 42.6 Å². The minimum atomic E-state index is -0.386. The Morgan fingerprint density at radius 2 is 1.81 bits per heavy atom. The molecule has 2 aromatic carbocycles. The van der Waals surface area contributed by atoms with Crippen LogP contribution in [0, 0.1) is 5.82 Å². The molecule has 2 heterocycles. The van der Waals surface area contributed by atoms with Crippen molar-refractivity contribution in [3.05, 3.63) is 101 Å². The van der Waals surface area contributed by atoms with Crippen LogP contribution in [0.5, 0.6) is 11.6 Å². The van der Waals surface area contributed by atoms with Gasteiger partial charge in [0.05, 0.1) is 17.4 Å². The summed E-state index contributed by atoms with van der Waals surface area (Å²) in [6.07, 6.45) is 3.05. The van der Waals surface area contributed by atoms with E-state index < -0.39 is 0 Å². The van der Waals surface area contributed by atoms with Crippen molar-refractivity contribution >= 4 is 39.0 Å². The first-order chi connectivity index (χ1) is 15.1. The number of nitrogens with one attached hydrogen (secondary N) is 2. The maximum atomic E-state index is 13.4. The number of carbonyl (C=O) groups is 1. The standard InChI is InChI=1S/C23H16BrFN4O2/c24-15-4-1-7-19(12-15)31-21-10-9-18(14-27-21)29-23(30)20-8-3-11-26-22(20)28-17-6-2-5-16(25)13-17/h1-14H,(H,26,28)(H,29,30). The average Bonchev–Trinajstić information content (AvgIpc) is 2.75. The third-order valence-corrected chi connectivity index (χ3v) is 4.65. The number of halogens is 2. The van der Waals surface area contributed by atoms with Crippen LogP contribution < -0.4 is 15.4 Å². The Hall–Kier alpha value is -3.78. The predicted octanol–water partition coefficient (Wildman–Crippen LogP) is 6.17. The molecule has 0 aliphatic carbocycles. The fourth-order valence-electron chi connectivity index (χ4n) is 2.76. The third-order valence-electron chi connectivity index (χ3n) is 4.15. The first-order valence-corrected chi connectivity index (χ1v) is 10.0. The highest BCUT2D eigenvalue weighted by Crippen LogP contribution is 2.24. The van der Waals surface area contributed by atoms with Crippen LogP contribution in [0.15, 0.2) is 89.7 Å². The maximum absolute atomic E-state index is 13.4. The van der Waals surface area contributed by atoms with E-state index in [4.69, 9.17) is 4.74 Å². The van der Waals surface area contributed by atoms with Gasteiger partial charge in [0.25, 0.3) is 5.91 Å². The SMILES string of the molecule is O=C(Nc1ccc(Oc2cccc(Br)c2)nc1)c1cccnc1Nc1cccc(F)c1. The Kier molecular flexibility index (Phi) is 6.18. The second kappa shape index (κ2) is 9.36. The van der Waals surface area contributed by atoms with Crippen LogP contribution in [0.4, 0.5) is 21.6 Å². The summed E-state index contributed by atoms with van der Waals surface area (Å²) in [5.41, 5.74) is 1.29. The number of anilines is 3. The van der Waals surface area contributed by atoms with Gasteiger partial charge in [0.1, 0.15) is 17.4 Å². The lowest BCUT2D eigenvalue weighted by Crippen LogP contribution is -2.14. The van der Waals surface area contributed by atoms with E-state index in [0.29, 0.717) is 34.4 Å². The van der Waals surface area contributed by atoms with Gasteiger partial charge < -0.3 is 15.4 Å². The highest BCUT2D eigenvalue weighted by Gasteiger charge is 2.13. The van der Waals surface area contributed by atoms with Gasteiger partial charge in [-0.3, -0.25) is 4.79 Å². The van der Waals surface area contributed by atoms with Gasteiger partial charge in [-0.25, -0.2) is 14.4 Å². The number of aromatic nitrogens is 2. The molecule has 0 unspecified atom stereocenters. The van der Waals surface area contributed by atoms with Crippen molar-refractivity contribution in [2.75, 3.05) is 10.6 Å². The van der Waals surface area contributed by atoms with Crippen molar-refractivity contribution in [2.45, 2.75) is 0 Å². The second-order valence-corrected chi connectivity index (χ2v) is 7.35. The lowest BCUT2D eigenvalue weighted by Gasteiger charge is -2.11. The third kappa shape index (κ3) is 5.43. The summed E-state index contributed by atoms with van der Waals surface area (Å²) in [5.74, 6) is 0.582. The van der Waals surface area contributed by atoms with E-state index in [2.05, 4.69) is 36.5 Å². The smallest absolute Gasteiger partial charge is 0.259 e. The number of amides is 1. The molecule has 0 aliphatic rings. The van der Waals surface area contributed by atoms with Gasteiger partial charge in [0.2, 0.25) is 5.88 Å². The molecule has 0 saturated carbocycles. The van der Waals surface area contributed by atoms with E-state index in [-0.39, 0.29) is 11.7 Å². The van der Waals surface area contributed by atoms with Gasteiger partial charge in [0, 0.05) is 22.4 Å². The molecule has 0 bridgehead atoms. The monoisotopic (exact) mass is 478 g/mol. The zero-order chi connectivity index (χ0) is 21.6. The van der Waals surface area contributed by atoms with Crippen LogP contribution in [0.2, 0.25) is 0 Å². The number of pyridine rings is 2. The summed E-state index contributed by atoms with van der Waals surface area (Å²) >= 11 is 3.39. The zero-order valence-corrected chi connectivity index (χ0v) is 17.6. The molecule has 2 N–H and O–H groups in total. The van der Waals surface area contributed by atoms with E-state index in [0.717, 1.165) is 4.47 Å². The Balaban J connectivity index is 1.46. The summed E-state index contributed by atoms with van der Waals surface area (Å²) in [6, 6.07) is 20.0. The molecule has 0 spiro atoms. The van der Waals surface area contributed by atoms with Gasteiger partial charge >= 0.3 is 0 Å². The van der Waals surface area contributed by atoms with Crippen molar-refractivity contribution in [1.29, 1.82) is 0 Å². The molecule has 2 aromatic heterocycles. The number of ether oxygens (including phenoxy) is 1. The summed E-state index contributed by atoms with van der Waals surface area (Å²) in [4.78, 5) is 21.2. The van der Waals surface area contributed by atoms with Crippen LogP contribution >= 0.6 is 15.9 Å². The lowest BCUT2D eigenvalue weighted by atomic mass is 10.2. The van der Waals surface area contributed by atoms with Crippen LogP contribution in [0.25, 0.3) is 0 Å². The van der Waals surface area contributed by atoms with Crippen molar-refractivity contribution in [2.24, 2.45) is 0 Å². The number of hydrogen-bond acceptors (Lipinski definition) is 5. The molecule has 0 atom stereocenters. The second-order valence-electron chi connectivity index (χ2n) is 6.43. The minimum absolute atomic E-state index is 0.307. The fraction of sp³-hybridized carbons (Fsp3) is 0. The van der Waals surface area contributed by atoms with Crippen LogP contribution in [-0.2, 0) is 0 Å². The topological polar surface area (TPSA) is 76.1 Å². The van der Waals surface area contributed by atoms with Gasteiger partial charge in [-0.15, -0.1) is 0 Å². The molecule has 154 valence electrons. The number of nitrogens with zero attached hydrogens (tertiary/aromatic N) is 2. The van der Waals surface area contributed by atoms with Gasteiger partial charge in [-0.1, -0.05) is 28.1 Å². The van der Waals surface area contributed by atoms with Crippen LogP contribution in [-0.4, -0.2) is 15.9 Å². The van der Waals surface area contributed by atoms with E-state index in [1.165, 1.54) is 18.3 Å². The van der Waals surface area contributed by atoms with E-state index >= 15 is 0 Å². The molecule has 4 aromatic rings. The molecule has 8 heteroatoms. The van der Waals surface area contributed by atoms with Gasteiger partial charge in [-0.05, 0) is 54.6 Å². The molecule has 0 radical (unpaired) electrons. The molecule has 31 heavy (non-hydrogen) atoms. The Bertz CT molecular complexity index is 1220. The molecular weight excluding hydrogens is 463 g/mol. The van der Waals surface area contributed by atoms with Crippen molar-refractivity contribution < 1.29 is 13.9 Å². The largest absolute Gasteiger partial charge is 0.439 e. The molecule has 1 amide bonds. The summed E-state index contributed by atoms with van der Waals surface area (Å²) < 4.78 is 20.0. The normalized spacial score (nSPS) is 10.4. The van der Waals surface area contributed by atoms with Crippen molar-refractivity contribution in [1.82, 2.24) is 9.97 Å². The van der Waals surface area contributed by atoms with E-state index in [1.807, 2.05) is 24.3 Å². The molecular formula is C23H16BrFN4O2. The maximum Gasteiger partial charge on any atom is 0.259 e. The van der Waals surface area contributed by atoms with Crippen molar-refractivity contribution in [3.63, 3.8) is 0 Å². The number of hydrogen-bond donors (Lipinski definition) is 2. The molecule has 0 aliphatic heterocycles. The molecule has 0 fully saturated rings. The number of benzene rings is 2. The molecule has 4 rings (SSSR count). The summed E-state index contributed by atoms with van der Waals surface area (Å²) in [7, 11) is 0. The van der Waals surface area contributed by atoms with Crippen LogP contribution in [0.1, 0.15) is 10.4 Å². The molecule has 0 saturated heterocycles. The van der Waals surface area contributed by atoms with Gasteiger partial charge in [-0.2, -0.15) is 0 Å². The Labute approximate surface area is 186 Å². The van der Waals surface area contributed by atoms with Crippen molar-refractivity contribution in [3.8, 4) is 11.6 Å².